The number of amides is 1. The Hall–Kier alpha value is -1.71. The summed E-state index contributed by atoms with van der Waals surface area (Å²) in [6.45, 7) is 8.32. The van der Waals surface area contributed by atoms with Crippen LogP contribution in [0.3, 0.4) is 0 Å². The highest BCUT2D eigenvalue weighted by atomic mass is 127. The number of rotatable bonds is 4. The number of hydrogen-bond donors (Lipinski definition) is 2. The van der Waals surface area contributed by atoms with Crippen LogP contribution in [0.1, 0.15) is 27.2 Å². The van der Waals surface area contributed by atoms with Gasteiger partial charge in [-0.15, -0.1) is 0 Å². The van der Waals surface area contributed by atoms with Crippen LogP contribution in [0.25, 0.3) is 21.8 Å². The molecule has 1 fully saturated rings. The molecule has 1 saturated heterocycles. The predicted molar refractivity (Wildman–Crippen MR) is 121 cm³/mol. The number of morpholine rings is 1. The molecule has 148 valence electrons. The molecule has 0 aliphatic carbocycles. The van der Waals surface area contributed by atoms with Gasteiger partial charge in [0.15, 0.2) is 0 Å². The number of carbonyl (C=O) groups excluding carboxylic acids is 1. The van der Waals surface area contributed by atoms with E-state index >= 15 is 0 Å². The summed E-state index contributed by atoms with van der Waals surface area (Å²) in [5, 5.41) is 5.35. The molecule has 2 aromatic heterocycles. The van der Waals surface area contributed by atoms with Crippen molar-refractivity contribution in [2.24, 2.45) is 0 Å². The molecule has 3 aromatic rings. The van der Waals surface area contributed by atoms with Crippen LogP contribution in [-0.4, -0.2) is 52.1 Å². The van der Waals surface area contributed by atoms with Crippen molar-refractivity contribution in [3.05, 3.63) is 34.2 Å². The summed E-state index contributed by atoms with van der Waals surface area (Å²) in [6.07, 6.45) is 4.60. The lowest BCUT2D eigenvalue weighted by molar-refractivity contribution is -0.143. The molecular formula is C21H25IN4O2. The van der Waals surface area contributed by atoms with Gasteiger partial charge in [-0.05, 0) is 67.6 Å². The minimum atomic E-state index is -0.285. The number of aromatic amines is 1. The topological polar surface area (TPSA) is 70.2 Å². The molecule has 1 aliphatic heterocycles. The fourth-order valence-electron chi connectivity index (χ4n) is 3.95. The van der Waals surface area contributed by atoms with Gasteiger partial charge in [-0.25, -0.2) is 0 Å². The molecule has 1 aliphatic rings. The van der Waals surface area contributed by atoms with Gasteiger partial charge in [0.25, 0.3) is 0 Å². The maximum atomic E-state index is 13.2. The summed E-state index contributed by atoms with van der Waals surface area (Å²) < 4.78 is 7.03. The van der Waals surface area contributed by atoms with Crippen molar-refractivity contribution in [1.29, 1.82) is 0 Å². The summed E-state index contributed by atoms with van der Waals surface area (Å²) in [7, 11) is 0. The Labute approximate surface area is 178 Å². The van der Waals surface area contributed by atoms with E-state index in [4.69, 9.17) is 4.74 Å². The van der Waals surface area contributed by atoms with Gasteiger partial charge in [0.1, 0.15) is 6.04 Å². The number of anilines is 1. The van der Waals surface area contributed by atoms with Crippen LogP contribution >= 0.6 is 22.6 Å². The first kappa shape index (κ1) is 19.6. The van der Waals surface area contributed by atoms with Gasteiger partial charge >= 0.3 is 0 Å². The van der Waals surface area contributed by atoms with Gasteiger partial charge in [-0.2, -0.15) is 0 Å². The zero-order valence-electron chi connectivity index (χ0n) is 16.4. The second-order valence-corrected chi connectivity index (χ2v) is 9.21. The molecule has 0 radical (unpaired) electrons. The number of carbonyl (C=O) groups is 1. The number of benzene rings is 1. The van der Waals surface area contributed by atoms with E-state index in [1.807, 2.05) is 18.3 Å². The van der Waals surface area contributed by atoms with Gasteiger partial charge < -0.3 is 15.0 Å². The molecule has 0 unspecified atom stereocenters. The number of H-pyrrole nitrogens is 1. The minimum absolute atomic E-state index is 0.0240. The summed E-state index contributed by atoms with van der Waals surface area (Å²) in [5.41, 5.74) is 2.46. The standard InChI is InChI=1S/C21H25IN4O2/c1-4-7-26-12-21(2,3)28-11-18(26)20(27)25-16-9-13(22)8-15-14-5-6-23-10-17(14)24-19(15)16/h5-6,8-10,18,24H,4,7,11-12H2,1-3H3,(H,25,27)/t18-/m0/s1. The van der Waals surface area contributed by atoms with E-state index in [9.17, 15) is 4.79 Å². The molecular weight excluding hydrogens is 467 g/mol. The first-order chi connectivity index (χ1) is 13.4. The van der Waals surface area contributed by atoms with Crippen molar-refractivity contribution < 1.29 is 9.53 Å². The van der Waals surface area contributed by atoms with Gasteiger partial charge in [0, 0.05) is 27.1 Å². The van der Waals surface area contributed by atoms with E-state index < -0.39 is 0 Å². The first-order valence-corrected chi connectivity index (χ1v) is 10.7. The van der Waals surface area contributed by atoms with Crippen molar-refractivity contribution in [1.82, 2.24) is 14.9 Å². The highest BCUT2D eigenvalue weighted by Gasteiger charge is 2.37. The summed E-state index contributed by atoms with van der Waals surface area (Å²) in [6, 6.07) is 5.84. The third-order valence-electron chi connectivity index (χ3n) is 5.20. The lowest BCUT2D eigenvalue weighted by atomic mass is 10.0. The highest BCUT2D eigenvalue weighted by molar-refractivity contribution is 14.1. The van der Waals surface area contributed by atoms with E-state index in [2.05, 4.69) is 69.6 Å². The van der Waals surface area contributed by atoms with Crippen LogP contribution < -0.4 is 5.32 Å². The summed E-state index contributed by atoms with van der Waals surface area (Å²) in [5.74, 6) is -0.0240. The average molecular weight is 492 g/mol. The Morgan fingerprint density at radius 2 is 2.25 bits per heavy atom. The zero-order chi connectivity index (χ0) is 19.9. The molecule has 28 heavy (non-hydrogen) atoms. The third kappa shape index (κ3) is 3.75. The average Bonchev–Trinajstić information content (AvgIpc) is 3.00. The zero-order valence-corrected chi connectivity index (χ0v) is 18.5. The van der Waals surface area contributed by atoms with Crippen LogP contribution in [0.2, 0.25) is 0 Å². The lowest BCUT2D eigenvalue weighted by Crippen LogP contribution is -2.58. The number of nitrogens with one attached hydrogen (secondary N) is 2. The van der Waals surface area contributed by atoms with E-state index in [0.29, 0.717) is 6.61 Å². The lowest BCUT2D eigenvalue weighted by Gasteiger charge is -2.42. The van der Waals surface area contributed by atoms with Crippen molar-refractivity contribution in [2.45, 2.75) is 38.8 Å². The monoisotopic (exact) mass is 492 g/mol. The van der Waals surface area contributed by atoms with Crippen molar-refractivity contribution >= 4 is 56.0 Å². The first-order valence-electron chi connectivity index (χ1n) is 9.62. The smallest absolute Gasteiger partial charge is 0.244 e. The number of hydrogen-bond acceptors (Lipinski definition) is 4. The second kappa shape index (κ2) is 7.61. The molecule has 4 rings (SSSR count). The molecule has 6 nitrogen and oxygen atoms in total. The quantitative estimate of drug-likeness (QED) is 0.537. The summed E-state index contributed by atoms with van der Waals surface area (Å²) in [4.78, 5) is 23.0. The third-order valence-corrected chi connectivity index (χ3v) is 5.82. The normalized spacial score (nSPS) is 19.9. The Balaban J connectivity index is 1.66. The number of pyridine rings is 1. The van der Waals surface area contributed by atoms with Gasteiger partial charge in [0.2, 0.25) is 5.91 Å². The van der Waals surface area contributed by atoms with Crippen LogP contribution in [-0.2, 0) is 9.53 Å². The van der Waals surface area contributed by atoms with Crippen LogP contribution in [0.5, 0.6) is 0 Å². The minimum Gasteiger partial charge on any atom is -0.372 e. The fourth-order valence-corrected chi connectivity index (χ4v) is 4.57. The SMILES string of the molecule is CCCN1CC(C)(C)OC[C@H]1C(=O)Nc1cc(I)cc2c1[nH]c1cnccc12. The predicted octanol–water partition coefficient (Wildman–Crippen LogP) is 4.15. The van der Waals surface area contributed by atoms with Gasteiger partial charge in [0.05, 0.1) is 35.1 Å². The molecule has 0 spiro atoms. The maximum absolute atomic E-state index is 13.2. The van der Waals surface area contributed by atoms with Crippen LogP contribution in [0.4, 0.5) is 5.69 Å². The number of aromatic nitrogens is 2. The molecule has 1 aromatic carbocycles. The Morgan fingerprint density at radius 1 is 1.43 bits per heavy atom. The van der Waals surface area contributed by atoms with Crippen LogP contribution in [0, 0.1) is 3.57 Å². The molecule has 7 heteroatoms. The Kier molecular flexibility index (Phi) is 5.32. The number of nitrogens with zero attached hydrogens (tertiary/aromatic N) is 2. The molecule has 3 heterocycles. The number of fused-ring (bicyclic) bond motifs is 3. The molecule has 0 bridgehead atoms. The van der Waals surface area contributed by atoms with Crippen LogP contribution in [0.15, 0.2) is 30.6 Å². The van der Waals surface area contributed by atoms with Gasteiger partial charge in [-0.3, -0.25) is 14.7 Å². The summed E-state index contributed by atoms with van der Waals surface area (Å²) >= 11 is 2.29. The Bertz CT molecular complexity index is 1030. The fraction of sp³-hybridized carbons (Fsp3) is 0.429. The largest absolute Gasteiger partial charge is 0.372 e. The Morgan fingerprint density at radius 3 is 3.04 bits per heavy atom. The number of halogens is 1. The van der Waals surface area contributed by atoms with E-state index in [0.717, 1.165) is 50.6 Å². The van der Waals surface area contributed by atoms with E-state index in [1.54, 1.807) is 6.20 Å². The molecule has 1 amide bonds. The van der Waals surface area contributed by atoms with E-state index in [-0.39, 0.29) is 17.6 Å². The molecule has 1 atom stereocenters. The van der Waals surface area contributed by atoms with E-state index in [1.165, 1.54) is 0 Å². The van der Waals surface area contributed by atoms with Gasteiger partial charge in [-0.1, -0.05) is 6.92 Å². The second-order valence-electron chi connectivity index (χ2n) is 7.97. The molecule has 2 N–H and O–H groups in total. The molecule has 0 saturated carbocycles. The van der Waals surface area contributed by atoms with Crippen molar-refractivity contribution in [3.8, 4) is 0 Å². The van der Waals surface area contributed by atoms with Crippen molar-refractivity contribution in [3.63, 3.8) is 0 Å². The number of ether oxygens (including phenoxy) is 1. The van der Waals surface area contributed by atoms with Crippen molar-refractivity contribution in [2.75, 3.05) is 25.0 Å². The maximum Gasteiger partial charge on any atom is 0.244 e. The highest BCUT2D eigenvalue weighted by Crippen LogP contribution is 2.32.